The Morgan fingerprint density at radius 1 is 1.27 bits per heavy atom. The maximum Gasteiger partial charge on any atom is 0.451 e. The van der Waals surface area contributed by atoms with Gasteiger partial charge in [0.05, 0.1) is 6.54 Å². The largest absolute Gasteiger partial charge is 0.451 e. The van der Waals surface area contributed by atoms with Crippen LogP contribution in [0.1, 0.15) is 24.5 Å². The van der Waals surface area contributed by atoms with Crippen LogP contribution in [0.25, 0.3) is 0 Å². The number of amides is 2. The summed E-state index contributed by atoms with van der Waals surface area (Å²) in [6.07, 6.45) is -6.10. The number of carbonyl (C=O) groups is 2. The van der Waals surface area contributed by atoms with Crippen molar-refractivity contribution in [2.24, 2.45) is 5.73 Å². The Hall–Kier alpha value is -2.24. The van der Waals surface area contributed by atoms with E-state index < -0.39 is 30.1 Å². The van der Waals surface area contributed by atoms with E-state index in [0.717, 1.165) is 4.57 Å². The molecule has 2 aliphatic rings. The monoisotopic (exact) mass is 378 g/mol. The van der Waals surface area contributed by atoms with E-state index in [2.05, 4.69) is 10.2 Å². The molecule has 0 aromatic carbocycles. The molecule has 0 bridgehead atoms. The van der Waals surface area contributed by atoms with Gasteiger partial charge in [0, 0.05) is 45.1 Å². The predicted octanol–water partition coefficient (Wildman–Crippen LogP) is -0.0731. The molecule has 2 atom stereocenters. The van der Waals surface area contributed by atoms with Gasteiger partial charge in [0.25, 0.3) is 5.91 Å². The fraction of sp³-hybridized carbons (Fsp3) is 0.714. The van der Waals surface area contributed by atoms with Crippen molar-refractivity contribution < 1.29 is 27.2 Å². The third-order valence-electron chi connectivity index (χ3n) is 4.48. The first-order valence-corrected chi connectivity index (χ1v) is 8.12. The smallest absolute Gasteiger partial charge is 0.338 e. The molecular weight excluding hydrogens is 360 g/mol. The number of nitrogens with two attached hydrogens (primary N) is 1. The van der Waals surface area contributed by atoms with Crippen LogP contribution in [0.2, 0.25) is 0 Å². The minimum Gasteiger partial charge on any atom is -0.338 e. The number of hydrogen-bond donors (Lipinski definition) is 1. The average molecular weight is 378 g/mol. The fourth-order valence-electron chi connectivity index (χ4n) is 3.16. The molecule has 3 rings (SSSR count). The normalized spacial score (nSPS) is 21.9. The number of rotatable bonds is 4. The highest BCUT2D eigenvalue weighted by Gasteiger charge is 2.40. The number of carbonyl (C=O) groups excluding carboxylic acids is 2. The lowest BCUT2D eigenvalue weighted by Gasteiger charge is -2.29. The van der Waals surface area contributed by atoms with Crippen molar-refractivity contribution in [1.29, 1.82) is 0 Å². The third kappa shape index (κ3) is 3.64. The van der Waals surface area contributed by atoms with E-state index >= 15 is 0 Å². The molecule has 0 spiro atoms. The molecule has 1 aromatic heterocycles. The Kier molecular flexibility index (Phi) is 4.86. The summed E-state index contributed by atoms with van der Waals surface area (Å²) in [5.41, 5.74) is 5.88. The molecule has 2 N–H and O–H groups in total. The molecule has 12 heteroatoms. The van der Waals surface area contributed by atoms with Crippen LogP contribution in [0.4, 0.5) is 17.6 Å². The standard InChI is InChI=1S/C14H18F4N6O2/c15-9-1-2-23(12(9)26)6-8(19)5-11(25)22-3-4-24-10(7-22)20-21-13(24)14(16,17)18/h8-9H,1-7,19H2. The van der Waals surface area contributed by atoms with Crippen molar-refractivity contribution in [2.75, 3.05) is 19.6 Å². The lowest BCUT2D eigenvalue weighted by Crippen LogP contribution is -2.45. The first kappa shape index (κ1) is 18.5. The van der Waals surface area contributed by atoms with E-state index in [1.165, 1.54) is 9.80 Å². The highest BCUT2D eigenvalue weighted by atomic mass is 19.4. The molecule has 0 saturated carbocycles. The molecule has 3 heterocycles. The number of alkyl halides is 4. The molecule has 0 aliphatic carbocycles. The van der Waals surface area contributed by atoms with Gasteiger partial charge < -0.3 is 20.1 Å². The molecule has 1 saturated heterocycles. The van der Waals surface area contributed by atoms with Gasteiger partial charge in [-0.25, -0.2) is 4.39 Å². The van der Waals surface area contributed by atoms with Gasteiger partial charge in [0.2, 0.25) is 11.7 Å². The van der Waals surface area contributed by atoms with Crippen molar-refractivity contribution >= 4 is 11.8 Å². The van der Waals surface area contributed by atoms with Crippen LogP contribution in [0.15, 0.2) is 0 Å². The number of nitrogens with zero attached hydrogens (tertiary/aromatic N) is 5. The number of halogens is 4. The van der Waals surface area contributed by atoms with Crippen molar-refractivity contribution in [1.82, 2.24) is 24.6 Å². The highest BCUT2D eigenvalue weighted by molar-refractivity contribution is 5.83. The number of aromatic nitrogens is 3. The minimum absolute atomic E-state index is 0.0560. The van der Waals surface area contributed by atoms with Crippen LogP contribution < -0.4 is 5.73 Å². The Balaban J connectivity index is 1.56. The Bertz CT molecular complexity index is 706. The topological polar surface area (TPSA) is 97.3 Å². The summed E-state index contributed by atoms with van der Waals surface area (Å²) in [7, 11) is 0. The van der Waals surface area contributed by atoms with Crippen molar-refractivity contribution in [3.05, 3.63) is 11.6 Å². The van der Waals surface area contributed by atoms with Crippen LogP contribution in [0.5, 0.6) is 0 Å². The molecule has 2 amide bonds. The van der Waals surface area contributed by atoms with Gasteiger partial charge in [-0.15, -0.1) is 10.2 Å². The van der Waals surface area contributed by atoms with E-state index in [9.17, 15) is 27.2 Å². The zero-order valence-electron chi connectivity index (χ0n) is 13.7. The molecule has 1 fully saturated rings. The molecule has 144 valence electrons. The first-order valence-electron chi connectivity index (χ1n) is 8.12. The van der Waals surface area contributed by atoms with Gasteiger partial charge in [0.1, 0.15) is 0 Å². The summed E-state index contributed by atoms with van der Waals surface area (Å²) in [5.74, 6) is -2.01. The minimum atomic E-state index is -4.60. The van der Waals surface area contributed by atoms with E-state index in [-0.39, 0.29) is 57.3 Å². The average Bonchev–Trinajstić information content (AvgIpc) is 3.12. The Labute approximate surface area is 145 Å². The summed E-state index contributed by atoms with van der Waals surface area (Å²) in [4.78, 5) is 26.5. The maximum atomic E-state index is 13.2. The summed E-state index contributed by atoms with van der Waals surface area (Å²) in [6.45, 7) is 0.243. The van der Waals surface area contributed by atoms with Gasteiger partial charge in [-0.2, -0.15) is 13.2 Å². The van der Waals surface area contributed by atoms with Crippen LogP contribution >= 0.6 is 0 Å². The fourth-order valence-corrected chi connectivity index (χ4v) is 3.16. The third-order valence-corrected chi connectivity index (χ3v) is 4.48. The van der Waals surface area contributed by atoms with Gasteiger partial charge in [0.15, 0.2) is 12.0 Å². The van der Waals surface area contributed by atoms with E-state index in [1.54, 1.807) is 0 Å². The van der Waals surface area contributed by atoms with Gasteiger partial charge in [-0.1, -0.05) is 0 Å². The number of likely N-dealkylation sites (tertiary alicyclic amines) is 1. The van der Waals surface area contributed by atoms with Crippen LogP contribution in [-0.4, -0.2) is 68.2 Å². The van der Waals surface area contributed by atoms with Crippen LogP contribution in [-0.2, 0) is 28.9 Å². The summed E-state index contributed by atoms with van der Waals surface area (Å²) < 4.78 is 52.6. The summed E-state index contributed by atoms with van der Waals surface area (Å²) >= 11 is 0. The summed E-state index contributed by atoms with van der Waals surface area (Å²) in [6, 6.07) is -0.678. The second kappa shape index (κ2) is 6.82. The molecule has 2 aliphatic heterocycles. The lowest BCUT2D eigenvalue weighted by atomic mass is 10.1. The van der Waals surface area contributed by atoms with Crippen molar-refractivity contribution in [2.45, 2.75) is 44.3 Å². The van der Waals surface area contributed by atoms with Gasteiger partial charge in [-0.05, 0) is 0 Å². The van der Waals surface area contributed by atoms with Gasteiger partial charge >= 0.3 is 6.18 Å². The van der Waals surface area contributed by atoms with Crippen LogP contribution in [0.3, 0.4) is 0 Å². The zero-order chi connectivity index (χ0) is 19.1. The Morgan fingerprint density at radius 2 is 2.00 bits per heavy atom. The van der Waals surface area contributed by atoms with Crippen molar-refractivity contribution in [3.63, 3.8) is 0 Å². The zero-order valence-corrected chi connectivity index (χ0v) is 13.7. The first-order chi connectivity index (χ1) is 12.2. The van der Waals surface area contributed by atoms with E-state index in [1.807, 2.05) is 0 Å². The summed E-state index contributed by atoms with van der Waals surface area (Å²) in [5, 5.41) is 6.66. The molecule has 1 aromatic rings. The number of fused-ring (bicyclic) bond motifs is 1. The SMILES string of the molecule is NC(CC(=O)N1CCn2c(nnc2C(F)(F)F)C1)CN1CCC(F)C1=O. The predicted molar refractivity (Wildman–Crippen MR) is 79.1 cm³/mol. The quantitative estimate of drug-likeness (QED) is 0.740. The molecule has 0 radical (unpaired) electrons. The Morgan fingerprint density at radius 3 is 2.62 bits per heavy atom. The van der Waals surface area contributed by atoms with Crippen molar-refractivity contribution in [3.8, 4) is 0 Å². The highest BCUT2D eigenvalue weighted by Crippen LogP contribution is 2.29. The lowest BCUT2D eigenvalue weighted by molar-refractivity contribution is -0.148. The molecule has 8 nitrogen and oxygen atoms in total. The second-order valence-electron chi connectivity index (χ2n) is 6.41. The van der Waals surface area contributed by atoms with Crippen LogP contribution in [0, 0.1) is 0 Å². The van der Waals surface area contributed by atoms with E-state index in [4.69, 9.17) is 5.73 Å². The molecular formula is C14H18F4N6O2. The maximum absolute atomic E-state index is 13.2. The second-order valence-corrected chi connectivity index (χ2v) is 6.41. The van der Waals surface area contributed by atoms with E-state index in [0.29, 0.717) is 0 Å². The molecule has 2 unspecified atom stereocenters. The molecule has 26 heavy (non-hydrogen) atoms. The number of hydrogen-bond acceptors (Lipinski definition) is 5. The van der Waals surface area contributed by atoms with Gasteiger partial charge in [-0.3, -0.25) is 9.59 Å².